The molecule has 0 aliphatic rings. The zero-order chi connectivity index (χ0) is 22.7. The van der Waals surface area contributed by atoms with Crippen LogP contribution in [0.4, 0.5) is 11.6 Å². The number of anilines is 1. The molecule has 0 unspecified atom stereocenters. The number of hydrogen-bond acceptors (Lipinski definition) is 8. The Morgan fingerprint density at radius 1 is 1.19 bits per heavy atom. The van der Waals surface area contributed by atoms with Crippen LogP contribution >= 0.6 is 0 Å². The fourth-order valence-electron chi connectivity index (χ4n) is 2.94. The summed E-state index contributed by atoms with van der Waals surface area (Å²) in [7, 11) is 0. The number of nitrogens with zero attached hydrogens (tertiary/aromatic N) is 8. The van der Waals surface area contributed by atoms with Crippen molar-refractivity contribution < 1.29 is 14.5 Å². The minimum Gasteiger partial charge on any atom is -0.471 e. The number of rotatable bonds is 8. The first kappa shape index (κ1) is 20.7. The van der Waals surface area contributed by atoms with E-state index in [9.17, 15) is 14.9 Å². The fraction of sp³-hybridized carbons (Fsp3) is 0.211. The van der Waals surface area contributed by atoms with Crippen molar-refractivity contribution in [2.24, 2.45) is 0 Å². The van der Waals surface area contributed by atoms with E-state index >= 15 is 0 Å². The van der Waals surface area contributed by atoms with Gasteiger partial charge < -0.3 is 20.2 Å². The van der Waals surface area contributed by atoms with E-state index in [2.05, 4.69) is 25.6 Å². The molecule has 13 nitrogen and oxygen atoms in total. The van der Waals surface area contributed by atoms with Gasteiger partial charge in [0.25, 0.3) is 5.91 Å². The third-order valence-corrected chi connectivity index (χ3v) is 4.42. The molecule has 164 valence electrons. The van der Waals surface area contributed by atoms with Crippen LogP contribution in [0.25, 0.3) is 0 Å². The van der Waals surface area contributed by atoms with Crippen molar-refractivity contribution in [2.75, 3.05) is 5.32 Å². The van der Waals surface area contributed by atoms with Crippen LogP contribution in [0.15, 0.2) is 49.2 Å². The summed E-state index contributed by atoms with van der Waals surface area (Å²) in [4.78, 5) is 26.0. The van der Waals surface area contributed by atoms with E-state index in [1.54, 1.807) is 17.1 Å². The number of amides is 1. The maximum Gasteiger partial charge on any atom is 0.491 e. The summed E-state index contributed by atoms with van der Waals surface area (Å²) in [5, 5.41) is 25.4. The minimum absolute atomic E-state index is 0.0712. The van der Waals surface area contributed by atoms with E-state index in [0.29, 0.717) is 5.69 Å². The number of hydrogen-bond donors (Lipinski definition) is 1. The average Bonchev–Trinajstić information content (AvgIpc) is 3.49. The smallest absolute Gasteiger partial charge is 0.471 e. The lowest BCUT2D eigenvalue weighted by Crippen LogP contribution is -2.15. The minimum atomic E-state index is -0.689. The summed E-state index contributed by atoms with van der Waals surface area (Å²) in [6.07, 6.45) is 5.93. The van der Waals surface area contributed by atoms with E-state index in [-0.39, 0.29) is 19.1 Å². The van der Waals surface area contributed by atoms with Crippen molar-refractivity contribution in [1.29, 1.82) is 0 Å². The summed E-state index contributed by atoms with van der Waals surface area (Å²) in [6.45, 7) is 4.25. The molecule has 3 aromatic heterocycles. The Hall–Kier alpha value is -4.55. The predicted octanol–water partition coefficient (Wildman–Crippen LogP) is 1.99. The summed E-state index contributed by atoms with van der Waals surface area (Å²) in [5.74, 6) is -0.170. The van der Waals surface area contributed by atoms with Crippen molar-refractivity contribution in [2.45, 2.75) is 27.2 Å². The van der Waals surface area contributed by atoms with E-state index in [1.807, 2.05) is 32.0 Å². The lowest BCUT2D eigenvalue weighted by Gasteiger charge is -2.09. The highest BCUT2D eigenvalue weighted by Gasteiger charge is 2.15. The van der Waals surface area contributed by atoms with Crippen LogP contribution in [0.5, 0.6) is 5.75 Å². The summed E-state index contributed by atoms with van der Waals surface area (Å²) in [5.41, 5.74) is 2.84. The van der Waals surface area contributed by atoms with Crippen molar-refractivity contribution in [1.82, 2.24) is 34.3 Å². The van der Waals surface area contributed by atoms with Gasteiger partial charge in [0.1, 0.15) is 5.75 Å². The van der Waals surface area contributed by atoms with Crippen molar-refractivity contribution in [3.63, 3.8) is 0 Å². The molecule has 4 aromatic rings. The Kier molecular flexibility index (Phi) is 5.61. The zero-order valence-corrected chi connectivity index (χ0v) is 17.2. The molecular formula is C19H19N9O4. The molecule has 0 fully saturated rings. The summed E-state index contributed by atoms with van der Waals surface area (Å²) in [6, 6.07) is 7.44. The van der Waals surface area contributed by atoms with Gasteiger partial charge in [-0.2, -0.15) is 14.9 Å². The topological polar surface area (TPSA) is 148 Å². The van der Waals surface area contributed by atoms with Gasteiger partial charge in [-0.3, -0.25) is 4.79 Å². The highest BCUT2D eigenvalue weighted by molar-refractivity contribution is 6.02. The van der Waals surface area contributed by atoms with Gasteiger partial charge in [-0.05, 0) is 36.5 Å². The predicted molar refractivity (Wildman–Crippen MR) is 111 cm³/mol. The monoisotopic (exact) mass is 437 g/mol. The molecule has 13 heteroatoms. The molecule has 0 aliphatic carbocycles. The number of carbonyl (C=O) groups is 1. The highest BCUT2D eigenvalue weighted by atomic mass is 16.6. The van der Waals surface area contributed by atoms with Crippen molar-refractivity contribution >= 4 is 17.5 Å². The Morgan fingerprint density at radius 3 is 2.78 bits per heavy atom. The van der Waals surface area contributed by atoms with Gasteiger partial charge in [-0.15, -0.1) is 0 Å². The molecule has 3 heterocycles. The Balaban J connectivity index is 1.33. The summed E-state index contributed by atoms with van der Waals surface area (Å²) >= 11 is 0. The molecule has 0 atom stereocenters. The quantitative estimate of drug-likeness (QED) is 0.325. The van der Waals surface area contributed by atoms with Crippen molar-refractivity contribution in [3.05, 3.63) is 76.1 Å². The maximum absolute atomic E-state index is 12.5. The third kappa shape index (κ3) is 4.77. The van der Waals surface area contributed by atoms with Crippen molar-refractivity contribution in [3.8, 4) is 5.75 Å². The standard InChI is InChI=1S/C19H19N9O4/c1-13-3-4-17(14(2)7-13)32-12-26-9-15(8-21-26)22-18(29)16-5-6-25(23-16)11-27-10-20-19(24-27)28(30)31/h3-10H,11-12H2,1-2H3,(H,22,29). The lowest BCUT2D eigenvalue weighted by molar-refractivity contribution is -0.394. The molecular weight excluding hydrogens is 418 g/mol. The van der Waals surface area contributed by atoms with Crippen LogP contribution in [0.3, 0.4) is 0 Å². The first-order chi connectivity index (χ1) is 15.4. The van der Waals surface area contributed by atoms with E-state index in [0.717, 1.165) is 16.9 Å². The normalized spacial score (nSPS) is 10.8. The number of ether oxygens (including phenoxy) is 1. The largest absolute Gasteiger partial charge is 0.491 e. The first-order valence-electron chi connectivity index (χ1n) is 9.48. The molecule has 0 aliphatic heterocycles. The third-order valence-electron chi connectivity index (χ3n) is 4.42. The summed E-state index contributed by atoms with van der Waals surface area (Å²) < 4.78 is 9.99. The molecule has 0 saturated heterocycles. The SMILES string of the molecule is Cc1ccc(OCn2cc(NC(=O)c3ccn(Cn4cnc([N+](=O)[O-])n4)n3)cn2)c(C)c1. The van der Waals surface area contributed by atoms with Gasteiger partial charge in [-0.25, -0.2) is 9.36 Å². The van der Waals surface area contributed by atoms with Crippen LogP contribution in [0, 0.1) is 24.0 Å². The maximum atomic E-state index is 12.5. The van der Waals surface area contributed by atoms with Gasteiger partial charge in [0.05, 0.1) is 18.1 Å². The molecule has 0 spiro atoms. The highest BCUT2D eigenvalue weighted by Crippen LogP contribution is 2.19. The van der Waals surface area contributed by atoms with E-state index < -0.39 is 16.8 Å². The van der Waals surface area contributed by atoms with Crippen LogP contribution in [-0.4, -0.2) is 45.2 Å². The number of nitrogens with one attached hydrogen (secondary N) is 1. The number of nitro groups is 1. The molecule has 0 bridgehead atoms. The molecule has 0 saturated carbocycles. The molecule has 4 rings (SSSR count). The second kappa shape index (κ2) is 8.67. The fourth-order valence-corrected chi connectivity index (χ4v) is 2.94. The molecule has 0 radical (unpaired) electrons. The Bertz CT molecular complexity index is 1270. The van der Waals surface area contributed by atoms with Crippen LogP contribution in [0.2, 0.25) is 0 Å². The van der Waals surface area contributed by atoms with Gasteiger partial charge in [-0.1, -0.05) is 22.7 Å². The van der Waals surface area contributed by atoms with E-state index in [1.165, 1.54) is 28.0 Å². The van der Waals surface area contributed by atoms with Crippen LogP contribution in [0.1, 0.15) is 21.6 Å². The zero-order valence-electron chi connectivity index (χ0n) is 17.2. The Labute approximate surface area is 181 Å². The first-order valence-corrected chi connectivity index (χ1v) is 9.48. The molecule has 1 amide bonds. The molecule has 32 heavy (non-hydrogen) atoms. The molecule has 1 aromatic carbocycles. The molecule has 1 N–H and O–H groups in total. The number of aromatic nitrogens is 7. The second-order valence-electron chi connectivity index (χ2n) is 6.99. The number of aryl methyl sites for hydroxylation is 2. The second-order valence-corrected chi connectivity index (χ2v) is 6.99. The average molecular weight is 437 g/mol. The lowest BCUT2D eigenvalue weighted by atomic mass is 10.1. The van der Waals surface area contributed by atoms with Gasteiger partial charge in [0.15, 0.2) is 19.1 Å². The van der Waals surface area contributed by atoms with Crippen LogP contribution < -0.4 is 10.1 Å². The number of carbonyl (C=O) groups excluding carboxylic acids is 1. The van der Waals surface area contributed by atoms with Crippen LogP contribution in [-0.2, 0) is 13.4 Å². The van der Waals surface area contributed by atoms with Gasteiger partial charge in [0, 0.05) is 11.3 Å². The van der Waals surface area contributed by atoms with E-state index in [4.69, 9.17) is 4.74 Å². The van der Waals surface area contributed by atoms with Gasteiger partial charge >= 0.3 is 5.95 Å². The Morgan fingerprint density at radius 2 is 2.03 bits per heavy atom. The number of benzene rings is 1. The van der Waals surface area contributed by atoms with Gasteiger partial charge in [0.2, 0.25) is 6.33 Å².